The van der Waals surface area contributed by atoms with E-state index in [1.165, 1.54) is 0 Å². The average molecular weight is 456 g/mol. The molecule has 12 heteroatoms. The fourth-order valence-corrected chi connectivity index (χ4v) is 3.14. The maximum atomic E-state index is 14.3. The molecular formula is C20H16F4N2O6. The third-order valence-corrected chi connectivity index (χ3v) is 4.61. The van der Waals surface area contributed by atoms with E-state index in [2.05, 4.69) is 0 Å². The second kappa shape index (κ2) is 8.81. The number of alkyl halides is 3. The summed E-state index contributed by atoms with van der Waals surface area (Å²) >= 11 is 0. The van der Waals surface area contributed by atoms with Gasteiger partial charge in [0.25, 0.3) is 11.6 Å². The van der Waals surface area contributed by atoms with Crippen LogP contribution in [0.3, 0.4) is 0 Å². The number of carbonyl (C=O) groups excluding carboxylic acids is 2. The quantitative estimate of drug-likeness (QED) is 0.282. The lowest BCUT2D eigenvalue weighted by molar-refractivity contribution is -0.384. The Labute approximate surface area is 178 Å². The van der Waals surface area contributed by atoms with Crippen molar-refractivity contribution in [3.05, 3.63) is 63.5 Å². The highest BCUT2D eigenvalue weighted by Crippen LogP contribution is 2.39. The van der Waals surface area contributed by atoms with E-state index in [9.17, 15) is 37.3 Å². The van der Waals surface area contributed by atoms with Crippen LogP contribution in [0.1, 0.15) is 24.5 Å². The molecule has 1 heterocycles. The molecule has 8 nitrogen and oxygen atoms in total. The molecule has 1 aliphatic rings. The van der Waals surface area contributed by atoms with Gasteiger partial charge < -0.3 is 14.4 Å². The molecule has 0 bridgehead atoms. The van der Waals surface area contributed by atoms with E-state index in [1.54, 1.807) is 6.92 Å². The molecule has 0 N–H and O–H groups in total. The van der Waals surface area contributed by atoms with Crippen molar-refractivity contribution in [2.24, 2.45) is 0 Å². The molecule has 1 unspecified atom stereocenters. The number of hydrogen-bond donors (Lipinski definition) is 0. The zero-order valence-electron chi connectivity index (χ0n) is 16.5. The second-order valence-corrected chi connectivity index (χ2v) is 6.75. The molecule has 1 atom stereocenters. The number of amides is 1. The summed E-state index contributed by atoms with van der Waals surface area (Å²) < 4.78 is 63.7. The van der Waals surface area contributed by atoms with Gasteiger partial charge in [0.2, 0.25) is 0 Å². The number of hydrogen-bond acceptors (Lipinski definition) is 6. The van der Waals surface area contributed by atoms with Crippen molar-refractivity contribution in [1.29, 1.82) is 0 Å². The van der Waals surface area contributed by atoms with Crippen LogP contribution < -0.4 is 9.64 Å². The van der Waals surface area contributed by atoms with Crippen LogP contribution in [0.5, 0.6) is 5.75 Å². The first kappa shape index (κ1) is 23.0. The number of nitrogens with zero attached hydrogens (tertiary/aromatic N) is 2. The summed E-state index contributed by atoms with van der Waals surface area (Å²) in [5.74, 6) is -2.76. The van der Waals surface area contributed by atoms with E-state index < -0.39 is 59.0 Å². The van der Waals surface area contributed by atoms with Crippen molar-refractivity contribution >= 4 is 23.3 Å². The van der Waals surface area contributed by atoms with Gasteiger partial charge >= 0.3 is 12.1 Å². The Bertz CT molecular complexity index is 1070. The zero-order valence-corrected chi connectivity index (χ0v) is 16.5. The largest absolute Gasteiger partial charge is 0.477 e. The summed E-state index contributed by atoms with van der Waals surface area (Å²) in [7, 11) is 0. The third-order valence-electron chi connectivity index (χ3n) is 4.61. The number of halogens is 4. The Morgan fingerprint density at radius 2 is 1.97 bits per heavy atom. The number of ether oxygens (including phenoxy) is 2. The van der Waals surface area contributed by atoms with Gasteiger partial charge in [-0.05, 0) is 31.2 Å². The average Bonchev–Trinajstić information content (AvgIpc) is 2.71. The topological polar surface area (TPSA) is 99.0 Å². The summed E-state index contributed by atoms with van der Waals surface area (Å²) in [6, 6.07) is 5.02. The molecule has 170 valence electrons. The molecule has 3 rings (SSSR count). The van der Waals surface area contributed by atoms with Gasteiger partial charge in [-0.1, -0.05) is 0 Å². The first-order chi connectivity index (χ1) is 15.0. The Kier molecular flexibility index (Phi) is 6.32. The van der Waals surface area contributed by atoms with Crippen molar-refractivity contribution < 1.29 is 41.5 Å². The maximum Gasteiger partial charge on any atom is 0.416 e. The predicted octanol–water partition coefficient (Wildman–Crippen LogP) is 4.00. The van der Waals surface area contributed by atoms with Crippen LogP contribution >= 0.6 is 0 Å². The number of nitro groups is 1. The minimum Gasteiger partial charge on any atom is -0.477 e. The number of carbonyl (C=O) groups is 2. The van der Waals surface area contributed by atoms with Crippen LogP contribution in [0.4, 0.5) is 28.9 Å². The summed E-state index contributed by atoms with van der Waals surface area (Å²) in [5.41, 5.74) is -1.94. The maximum absolute atomic E-state index is 14.3. The highest BCUT2D eigenvalue weighted by atomic mass is 19.4. The number of esters is 1. The fourth-order valence-electron chi connectivity index (χ4n) is 3.14. The van der Waals surface area contributed by atoms with Crippen LogP contribution in [0.15, 0.2) is 36.4 Å². The van der Waals surface area contributed by atoms with E-state index in [0.29, 0.717) is 18.2 Å². The summed E-state index contributed by atoms with van der Waals surface area (Å²) in [4.78, 5) is 36.1. The zero-order chi connectivity index (χ0) is 23.6. The highest BCUT2D eigenvalue weighted by molar-refractivity contribution is 6.01. The standard InChI is InChI=1S/C20H16F4N2O6/c1-2-31-18(27)9-17-19(28)25(15-6-4-13(26(29)30)8-16(15)32-17)10-11-7-12(20(22,23)24)3-5-14(11)21/h3-8,17H,2,9-10H2,1H3. The van der Waals surface area contributed by atoms with E-state index >= 15 is 0 Å². The number of anilines is 1. The lowest BCUT2D eigenvalue weighted by Crippen LogP contribution is -2.46. The minimum atomic E-state index is -4.73. The highest BCUT2D eigenvalue weighted by Gasteiger charge is 2.38. The van der Waals surface area contributed by atoms with Gasteiger partial charge in [-0.25, -0.2) is 4.39 Å². The van der Waals surface area contributed by atoms with Crippen molar-refractivity contribution in [3.8, 4) is 5.75 Å². The summed E-state index contributed by atoms with van der Waals surface area (Å²) in [6.45, 7) is 0.950. The minimum absolute atomic E-state index is 0.0162. The lowest BCUT2D eigenvalue weighted by atomic mass is 10.1. The molecule has 2 aromatic rings. The molecule has 0 spiro atoms. The second-order valence-electron chi connectivity index (χ2n) is 6.75. The fraction of sp³-hybridized carbons (Fsp3) is 0.300. The van der Waals surface area contributed by atoms with Crippen LogP contribution in [-0.4, -0.2) is 29.5 Å². The van der Waals surface area contributed by atoms with E-state index in [0.717, 1.165) is 23.1 Å². The smallest absolute Gasteiger partial charge is 0.416 e. The number of nitro benzene ring substituents is 1. The molecule has 0 saturated heterocycles. The molecule has 0 saturated carbocycles. The third kappa shape index (κ3) is 4.79. The van der Waals surface area contributed by atoms with Gasteiger partial charge in [-0.3, -0.25) is 19.7 Å². The first-order valence-corrected chi connectivity index (χ1v) is 9.29. The van der Waals surface area contributed by atoms with Crippen molar-refractivity contribution in [1.82, 2.24) is 0 Å². The Morgan fingerprint density at radius 3 is 2.59 bits per heavy atom. The number of non-ortho nitro benzene ring substituents is 1. The molecule has 0 aliphatic carbocycles. The van der Waals surface area contributed by atoms with E-state index in [1.807, 2.05) is 0 Å². The van der Waals surface area contributed by atoms with Crippen LogP contribution in [-0.2, 0) is 27.0 Å². The number of benzene rings is 2. The first-order valence-electron chi connectivity index (χ1n) is 9.29. The van der Waals surface area contributed by atoms with Gasteiger partial charge in [0, 0.05) is 11.6 Å². The van der Waals surface area contributed by atoms with Gasteiger partial charge in [0.05, 0.1) is 41.8 Å². The predicted molar refractivity (Wildman–Crippen MR) is 101 cm³/mol. The Hall–Kier alpha value is -3.70. The Balaban J connectivity index is 2.02. The normalized spacial score (nSPS) is 15.7. The molecule has 0 aromatic heterocycles. The number of rotatable bonds is 6. The summed E-state index contributed by atoms with van der Waals surface area (Å²) in [5, 5.41) is 11.1. The molecule has 0 radical (unpaired) electrons. The van der Waals surface area contributed by atoms with Crippen LogP contribution in [0.25, 0.3) is 0 Å². The number of fused-ring (bicyclic) bond motifs is 1. The van der Waals surface area contributed by atoms with Gasteiger partial charge in [-0.2, -0.15) is 13.2 Å². The van der Waals surface area contributed by atoms with Crippen LogP contribution in [0.2, 0.25) is 0 Å². The monoisotopic (exact) mass is 456 g/mol. The van der Waals surface area contributed by atoms with Gasteiger partial charge in [-0.15, -0.1) is 0 Å². The molecule has 1 amide bonds. The molecular weight excluding hydrogens is 440 g/mol. The van der Waals surface area contributed by atoms with E-state index in [4.69, 9.17) is 9.47 Å². The molecule has 1 aliphatic heterocycles. The van der Waals surface area contributed by atoms with Crippen molar-refractivity contribution in [2.45, 2.75) is 32.2 Å². The van der Waals surface area contributed by atoms with Crippen molar-refractivity contribution in [2.75, 3.05) is 11.5 Å². The molecule has 2 aromatic carbocycles. The lowest BCUT2D eigenvalue weighted by Gasteiger charge is -2.34. The van der Waals surface area contributed by atoms with Crippen molar-refractivity contribution in [3.63, 3.8) is 0 Å². The SMILES string of the molecule is CCOC(=O)CC1Oc2cc([N+](=O)[O-])ccc2N(Cc2cc(C(F)(F)F)ccc2F)C1=O. The molecule has 0 fully saturated rings. The van der Waals surface area contributed by atoms with E-state index in [-0.39, 0.29) is 23.7 Å². The summed E-state index contributed by atoms with van der Waals surface area (Å²) in [6.07, 6.45) is -6.74. The molecule has 32 heavy (non-hydrogen) atoms. The van der Waals surface area contributed by atoms with Gasteiger partial charge in [0.15, 0.2) is 11.9 Å². The van der Waals surface area contributed by atoms with Gasteiger partial charge in [0.1, 0.15) is 5.82 Å². The van der Waals surface area contributed by atoms with Crippen LogP contribution in [0, 0.1) is 15.9 Å². The Morgan fingerprint density at radius 1 is 1.25 bits per heavy atom.